The van der Waals surface area contributed by atoms with Crippen LogP contribution in [0.25, 0.3) is 21.3 Å². The van der Waals surface area contributed by atoms with Crippen molar-refractivity contribution in [2.75, 3.05) is 0 Å². The fraction of sp³-hybridized carbons (Fsp3) is 0.364. The van der Waals surface area contributed by atoms with Gasteiger partial charge in [0.15, 0.2) is 0 Å². The predicted octanol–water partition coefficient (Wildman–Crippen LogP) is 17.4. The van der Waals surface area contributed by atoms with Crippen LogP contribution in [0.2, 0.25) is 0 Å². The molecule has 10 aliphatic rings. The van der Waals surface area contributed by atoms with Crippen LogP contribution < -0.4 is 21.3 Å². The predicted molar refractivity (Wildman–Crippen MR) is 394 cm³/mol. The Bertz CT molecular complexity index is 3190. The topological polar surface area (TPSA) is 133 Å². The van der Waals surface area contributed by atoms with Crippen molar-refractivity contribution in [3.63, 3.8) is 0 Å². The first-order valence-corrected chi connectivity index (χ1v) is 36.6. The molecule has 10 aliphatic heterocycles. The van der Waals surface area contributed by atoms with Gasteiger partial charge in [-0.3, -0.25) is 0 Å². The van der Waals surface area contributed by atoms with Crippen LogP contribution in [0.15, 0.2) is 291 Å². The molecule has 6 saturated heterocycles. The first-order valence-electron chi connectivity index (χ1n) is 36.6. The van der Waals surface area contributed by atoms with Crippen molar-refractivity contribution in [1.29, 1.82) is 0 Å². The minimum atomic E-state index is 0. The second kappa shape index (κ2) is 31.7. The van der Waals surface area contributed by atoms with E-state index in [1.807, 2.05) is 0 Å². The van der Waals surface area contributed by atoms with Gasteiger partial charge in [0.05, 0.1) is 0 Å². The summed E-state index contributed by atoms with van der Waals surface area (Å²) in [5, 5.41) is 40.0. The molecule has 0 aromatic heterocycles. The number of hydrogen-bond acceptors (Lipinski definition) is 4. The van der Waals surface area contributed by atoms with Gasteiger partial charge in [0, 0.05) is 48.3 Å². The van der Waals surface area contributed by atoms with Gasteiger partial charge in [-0.2, -0.15) is 0 Å². The standard InChI is InChI=1S/2C44H46N4.2Fe.O/c2*1-5-13-29(14-6-1)41-33-21-23-35(45-33)42(30-15-7-2-8-16-30)37-25-27-39(47-37)44(32-19-11-4-12-20-32)40-28-26-38(48-40)43(31-17-9-3-10-18-31)36-24-22-34(41)46-36;;;/h2*1-21,23,26,28,33-45,48H,22,24-25,27H2;;;/q2*-2;2*+3;-2. The molecule has 8 aromatic carbocycles. The molecule has 10 heterocycles. The average Bonchev–Trinajstić information content (AvgIpc) is 1.64. The molecule has 506 valence electrons. The summed E-state index contributed by atoms with van der Waals surface area (Å²) < 4.78 is 0. The zero-order chi connectivity index (χ0) is 63.7. The maximum Gasteiger partial charge on any atom is 3.00 e. The van der Waals surface area contributed by atoms with Crippen molar-refractivity contribution in [2.24, 2.45) is 0 Å². The Morgan fingerprint density at radius 2 is 0.293 bits per heavy atom. The molecular formula is C88H92Fe2N8O. The number of nitrogens with zero attached hydrogens (tertiary/aromatic N) is 4. The molecule has 2 radical (unpaired) electrons. The summed E-state index contributed by atoms with van der Waals surface area (Å²) in [5.41, 5.74) is 11.1. The molecule has 6 fully saturated rings. The molecule has 99 heavy (non-hydrogen) atoms. The summed E-state index contributed by atoms with van der Waals surface area (Å²) in [5.74, 6) is 2.29. The normalized spacial score (nSPS) is 36.0. The van der Waals surface area contributed by atoms with Gasteiger partial charge in [-0.15, -0.1) is 48.3 Å². The molecule has 16 bridgehead atoms. The van der Waals surface area contributed by atoms with Gasteiger partial charge in [0.2, 0.25) is 0 Å². The van der Waals surface area contributed by atoms with Crippen molar-refractivity contribution < 1.29 is 39.6 Å². The maximum atomic E-state index is 5.80. The Morgan fingerprint density at radius 3 is 0.404 bits per heavy atom. The van der Waals surface area contributed by atoms with E-state index in [0.29, 0.717) is 0 Å². The molecule has 18 rings (SSSR count). The van der Waals surface area contributed by atoms with Crippen LogP contribution in [0.3, 0.4) is 0 Å². The molecular weight excluding hydrogens is 1300 g/mol. The van der Waals surface area contributed by atoms with E-state index in [4.69, 9.17) is 21.3 Å². The second-order valence-corrected chi connectivity index (χ2v) is 29.3. The van der Waals surface area contributed by atoms with Gasteiger partial charge in [0.25, 0.3) is 0 Å². The third-order valence-electron chi connectivity index (χ3n) is 24.1. The second-order valence-electron chi connectivity index (χ2n) is 29.3. The Morgan fingerprint density at radius 1 is 0.182 bits per heavy atom. The average molecular weight is 1390 g/mol. The van der Waals surface area contributed by atoms with Crippen LogP contribution in [0.1, 0.15) is 143 Å². The summed E-state index contributed by atoms with van der Waals surface area (Å²) in [7, 11) is 0. The number of rotatable bonds is 8. The maximum absolute atomic E-state index is 5.80. The minimum Gasteiger partial charge on any atom is -2.00 e. The summed E-state index contributed by atoms with van der Waals surface area (Å²) in [4.78, 5) is 0. The minimum absolute atomic E-state index is 0. The van der Waals surface area contributed by atoms with Crippen molar-refractivity contribution in [3.8, 4) is 0 Å². The Balaban J connectivity index is 0.000000164. The fourth-order valence-electron chi connectivity index (χ4n) is 20.0. The molecule has 0 saturated carbocycles. The number of benzene rings is 8. The van der Waals surface area contributed by atoms with Crippen LogP contribution in [0.4, 0.5) is 0 Å². The first-order chi connectivity index (χ1) is 47.6. The molecule has 24 atom stereocenters. The first kappa shape index (κ1) is 69.5. The molecule has 24 unspecified atom stereocenters. The Labute approximate surface area is 609 Å². The summed E-state index contributed by atoms with van der Waals surface area (Å²) in [6.07, 6.45) is 28.7. The molecule has 0 amide bonds. The van der Waals surface area contributed by atoms with Crippen molar-refractivity contribution in [3.05, 3.63) is 357 Å². The molecule has 8 aromatic rings. The van der Waals surface area contributed by atoms with Gasteiger partial charge in [-0.05, 0) is 91.9 Å². The SMILES string of the molecule is C1=CC2NC1C(c1ccccc1)C1CCC([N-]1)C(c1ccccc1)C1C=CC(N1)C(c1ccccc1)C1CCC([N-]1)C2c1ccccc1.C1=CC2NC1C(c1ccccc1)C1CCC([N-]1)C(c1ccccc1)C1C=CC(N1)C(c1ccccc1)C1CCC([N-]1)C2c1ccccc1.[Fe+3].[Fe+3].[O-2]. The fourth-order valence-corrected chi connectivity index (χ4v) is 20.0. The number of hydrogen-bond donors (Lipinski definition) is 4. The van der Waals surface area contributed by atoms with Gasteiger partial charge in [-0.25, -0.2) is 0 Å². The zero-order valence-electron chi connectivity index (χ0n) is 56.1. The van der Waals surface area contributed by atoms with Crippen LogP contribution in [-0.2, 0) is 39.6 Å². The Hall–Kier alpha value is -6.60. The van der Waals surface area contributed by atoms with E-state index in [2.05, 4.69) is 313 Å². The quantitative estimate of drug-likeness (QED) is 0.0891. The van der Waals surface area contributed by atoms with Crippen LogP contribution in [0.5, 0.6) is 0 Å². The van der Waals surface area contributed by atoms with E-state index in [9.17, 15) is 0 Å². The number of fused-ring (bicyclic) bond motifs is 16. The van der Waals surface area contributed by atoms with Crippen LogP contribution in [-0.4, -0.2) is 96.7 Å². The summed E-state index contributed by atoms with van der Waals surface area (Å²) >= 11 is 0. The third-order valence-corrected chi connectivity index (χ3v) is 24.1. The van der Waals surface area contributed by atoms with E-state index >= 15 is 0 Å². The van der Waals surface area contributed by atoms with Crippen molar-refractivity contribution in [2.45, 2.75) is 195 Å². The summed E-state index contributed by atoms with van der Waals surface area (Å²) in [6.45, 7) is 0. The largest absolute Gasteiger partial charge is 3.00 e. The molecule has 11 heteroatoms. The smallest absolute Gasteiger partial charge is 2.00 e. The van der Waals surface area contributed by atoms with E-state index in [1.165, 1.54) is 44.5 Å². The van der Waals surface area contributed by atoms with Gasteiger partial charge < -0.3 is 48.0 Å². The molecule has 4 N–H and O–H groups in total. The molecule has 0 spiro atoms. The molecule has 9 nitrogen and oxygen atoms in total. The van der Waals surface area contributed by atoms with E-state index in [0.717, 1.165) is 51.4 Å². The van der Waals surface area contributed by atoms with Crippen molar-refractivity contribution >= 4 is 0 Å². The van der Waals surface area contributed by atoms with E-state index in [-0.39, 0.29) is 184 Å². The van der Waals surface area contributed by atoms with Gasteiger partial charge in [0.1, 0.15) is 0 Å². The van der Waals surface area contributed by atoms with E-state index in [1.54, 1.807) is 0 Å². The summed E-state index contributed by atoms with van der Waals surface area (Å²) in [6, 6.07) is 93.3. The molecule has 0 aliphatic carbocycles. The van der Waals surface area contributed by atoms with E-state index < -0.39 is 0 Å². The third kappa shape index (κ3) is 14.4. The monoisotopic (exact) mass is 1390 g/mol. The number of nitrogens with one attached hydrogen (secondary N) is 4. The van der Waals surface area contributed by atoms with Crippen LogP contribution in [0, 0.1) is 0 Å². The van der Waals surface area contributed by atoms with Gasteiger partial charge in [-0.1, -0.05) is 343 Å². The zero-order valence-corrected chi connectivity index (χ0v) is 58.3. The van der Waals surface area contributed by atoms with Crippen molar-refractivity contribution in [1.82, 2.24) is 21.3 Å². The Kier molecular flexibility index (Phi) is 22.3. The van der Waals surface area contributed by atoms with Crippen LogP contribution >= 0.6 is 0 Å². The van der Waals surface area contributed by atoms with Gasteiger partial charge >= 0.3 is 34.1 Å².